The van der Waals surface area contributed by atoms with Gasteiger partial charge >= 0.3 is 5.69 Å². The van der Waals surface area contributed by atoms with Crippen LogP contribution in [0.2, 0.25) is 0 Å². The fraction of sp³-hybridized carbons (Fsp3) is 0.444. The van der Waals surface area contributed by atoms with E-state index < -0.39 is 0 Å². The van der Waals surface area contributed by atoms with Crippen LogP contribution in [0, 0.1) is 0 Å². The average Bonchev–Trinajstić information content (AvgIpc) is 2.49. The van der Waals surface area contributed by atoms with E-state index in [4.69, 9.17) is 0 Å². The third-order valence-corrected chi connectivity index (χ3v) is 2.83. The highest BCUT2D eigenvalue weighted by Crippen LogP contribution is 2.32. The van der Waals surface area contributed by atoms with Gasteiger partial charge in [0.2, 0.25) is 0 Å². The lowest BCUT2D eigenvalue weighted by Gasteiger charge is -2.31. The molecule has 2 heterocycles. The first-order valence-electron chi connectivity index (χ1n) is 4.84. The van der Waals surface area contributed by atoms with Crippen molar-refractivity contribution in [1.82, 2.24) is 19.5 Å². The summed E-state index contributed by atoms with van der Waals surface area (Å²) in [7, 11) is 0. The molecule has 0 atom stereocenters. The largest absolute Gasteiger partial charge is 0.393 e. The van der Waals surface area contributed by atoms with Gasteiger partial charge in [-0.05, 0) is 12.8 Å². The Hall–Kier alpha value is -1.40. The molecule has 0 aliphatic heterocycles. The quantitative estimate of drug-likeness (QED) is 0.750. The lowest BCUT2D eigenvalue weighted by atomic mass is 9.89. The summed E-state index contributed by atoms with van der Waals surface area (Å²) in [5.41, 5.74) is 1.08. The third kappa shape index (κ3) is 1.50. The molecule has 86 valence electrons. The van der Waals surface area contributed by atoms with E-state index in [1.54, 1.807) is 10.8 Å². The number of hydrogen-bond donors (Lipinski definition) is 2. The lowest BCUT2D eigenvalue weighted by Crippen LogP contribution is -2.35. The molecule has 0 spiro atoms. The van der Waals surface area contributed by atoms with E-state index in [0.29, 0.717) is 24.0 Å². The molecule has 1 fully saturated rings. The molecule has 0 saturated heterocycles. The van der Waals surface area contributed by atoms with Crippen molar-refractivity contribution in [1.29, 1.82) is 0 Å². The summed E-state index contributed by atoms with van der Waals surface area (Å²) >= 11 is 0. The van der Waals surface area contributed by atoms with E-state index in [9.17, 15) is 9.90 Å². The van der Waals surface area contributed by atoms with Crippen LogP contribution >= 0.6 is 12.4 Å². The first-order valence-corrected chi connectivity index (χ1v) is 4.84. The minimum Gasteiger partial charge on any atom is -0.393 e. The van der Waals surface area contributed by atoms with E-state index in [2.05, 4.69) is 15.0 Å². The normalized spacial score (nSPS) is 23.8. The summed E-state index contributed by atoms with van der Waals surface area (Å²) in [5.74, 6) is 0. The summed E-state index contributed by atoms with van der Waals surface area (Å²) < 4.78 is 1.60. The SMILES string of the molecule is Cl.O=c1[nH]c2cncnc2n1C1CC(O)C1. The first-order chi connectivity index (χ1) is 7.25. The molecule has 7 heteroatoms. The summed E-state index contributed by atoms with van der Waals surface area (Å²) in [6, 6.07) is 0.0659. The number of halogens is 1. The standard InChI is InChI=1S/C9H10N4O2.ClH/c14-6-1-5(2-6)13-8-7(12-9(13)15)3-10-4-11-8;/h3-6,14H,1-2H2,(H,12,15);1H. The summed E-state index contributed by atoms with van der Waals surface area (Å²) in [4.78, 5) is 22.2. The van der Waals surface area contributed by atoms with Crippen molar-refractivity contribution in [2.45, 2.75) is 25.0 Å². The van der Waals surface area contributed by atoms with E-state index >= 15 is 0 Å². The van der Waals surface area contributed by atoms with Crippen LogP contribution in [-0.2, 0) is 0 Å². The smallest absolute Gasteiger partial charge is 0.327 e. The minimum atomic E-state index is -0.284. The second kappa shape index (κ2) is 3.88. The van der Waals surface area contributed by atoms with Crippen molar-refractivity contribution in [2.24, 2.45) is 0 Å². The monoisotopic (exact) mass is 242 g/mol. The number of nitrogens with zero attached hydrogens (tertiary/aromatic N) is 3. The van der Waals surface area contributed by atoms with Gasteiger partial charge in [0.15, 0.2) is 5.65 Å². The maximum Gasteiger partial charge on any atom is 0.327 e. The van der Waals surface area contributed by atoms with Crippen molar-refractivity contribution in [3.05, 3.63) is 23.0 Å². The number of rotatable bonds is 1. The Morgan fingerprint density at radius 2 is 2.25 bits per heavy atom. The molecule has 2 N–H and O–H groups in total. The van der Waals surface area contributed by atoms with Crippen molar-refractivity contribution < 1.29 is 5.11 Å². The van der Waals surface area contributed by atoms with Crippen molar-refractivity contribution in [3.8, 4) is 0 Å². The topological polar surface area (TPSA) is 83.8 Å². The number of aromatic nitrogens is 4. The fourth-order valence-corrected chi connectivity index (χ4v) is 1.98. The molecule has 1 saturated carbocycles. The molecule has 0 radical (unpaired) electrons. The van der Waals surface area contributed by atoms with E-state index in [1.165, 1.54) is 6.33 Å². The number of aromatic amines is 1. The molecule has 0 bridgehead atoms. The Kier molecular flexibility index (Phi) is 2.69. The third-order valence-electron chi connectivity index (χ3n) is 2.83. The van der Waals surface area contributed by atoms with Gasteiger partial charge in [0.1, 0.15) is 11.8 Å². The molecule has 2 aromatic rings. The molecule has 0 amide bonds. The maximum absolute atomic E-state index is 11.6. The molecule has 16 heavy (non-hydrogen) atoms. The molecule has 3 rings (SSSR count). The van der Waals surface area contributed by atoms with Crippen molar-refractivity contribution in [3.63, 3.8) is 0 Å². The van der Waals surface area contributed by atoms with Gasteiger partial charge in [-0.15, -0.1) is 12.4 Å². The van der Waals surface area contributed by atoms with Crippen LogP contribution in [0.3, 0.4) is 0 Å². The zero-order valence-corrected chi connectivity index (χ0v) is 9.15. The number of aliphatic hydroxyl groups is 1. The Morgan fingerprint density at radius 1 is 1.50 bits per heavy atom. The molecular formula is C9H11ClN4O2. The van der Waals surface area contributed by atoms with Gasteiger partial charge in [-0.25, -0.2) is 14.8 Å². The molecule has 6 nitrogen and oxygen atoms in total. The Morgan fingerprint density at radius 3 is 2.94 bits per heavy atom. The van der Waals surface area contributed by atoms with Gasteiger partial charge in [0, 0.05) is 6.04 Å². The summed E-state index contributed by atoms with van der Waals surface area (Å²) in [6.45, 7) is 0. The molecular weight excluding hydrogens is 232 g/mol. The minimum absolute atomic E-state index is 0. The van der Waals surface area contributed by atoms with Crippen LogP contribution in [0.1, 0.15) is 18.9 Å². The van der Waals surface area contributed by atoms with Gasteiger partial charge in [-0.3, -0.25) is 4.57 Å². The maximum atomic E-state index is 11.6. The second-order valence-corrected chi connectivity index (χ2v) is 3.84. The molecule has 2 aromatic heterocycles. The van der Waals surface area contributed by atoms with E-state index in [0.717, 1.165) is 0 Å². The number of fused-ring (bicyclic) bond motifs is 1. The van der Waals surface area contributed by atoms with Crippen molar-refractivity contribution >= 4 is 23.6 Å². The van der Waals surface area contributed by atoms with Crippen LogP contribution in [-0.4, -0.2) is 30.7 Å². The van der Waals surface area contributed by atoms with Crippen LogP contribution in [0.5, 0.6) is 0 Å². The number of hydrogen-bond acceptors (Lipinski definition) is 4. The highest BCUT2D eigenvalue weighted by molar-refractivity contribution is 5.85. The number of imidazole rings is 1. The Labute approximate surface area is 96.8 Å². The molecule has 0 unspecified atom stereocenters. The predicted molar refractivity (Wildman–Crippen MR) is 59.7 cm³/mol. The van der Waals surface area contributed by atoms with Crippen LogP contribution in [0.4, 0.5) is 0 Å². The van der Waals surface area contributed by atoms with Crippen molar-refractivity contribution in [2.75, 3.05) is 0 Å². The first kappa shape index (κ1) is 11.1. The van der Waals surface area contributed by atoms with Gasteiger partial charge in [0.05, 0.1) is 12.3 Å². The average molecular weight is 243 g/mol. The zero-order chi connectivity index (χ0) is 10.4. The van der Waals surface area contributed by atoms with Gasteiger partial charge < -0.3 is 10.1 Å². The number of nitrogens with one attached hydrogen (secondary N) is 1. The summed E-state index contributed by atoms with van der Waals surface area (Å²) in [6.07, 6.45) is 3.96. The second-order valence-electron chi connectivity index (χ2n) is 3.84. The number of aliphatic hydroxyl groups excluding tert-OH is 1. The highest BCUT2D eigenvalue weighted by atomic mass is 35.5. The fourth-order valence-electron chi connectivity index (χ4n) is 1.98. The Balaban J connectivity index is 0.000000963. The number of H-pyrrole nitrogens is 1. The van der Waals surface area contributed by atoms with E-state index in [-0.39, 0.29) is 30.2 Å². The van der Waals surface area contributed by atoms with Gasteiger partial charge in [0.25, 0.3) is 0 Å². The highest BCUT2D eigenvalue weighted by Gasteiger charge is 2.31. The van der Waals surface area contributed by atoms with E-state index in [1.807, 2.05) is 0 Å². The molecule has 0 aromatic carbocycles. The van der Waals surface area contributed by atoms with Crippen LogP contribution < -0.4 is 5.69 Å². The Bertz CT molecular complexity index is 558. The van der Waals surface area contributed by atoms with Crippen LogP contribution in [0.15, 0.2) is 17.3 Å². The lowest BCUT2D eigenvalue weighted by molar-refractivity contribution is 0.0487. The summed E-state index contributed by atoms with van der Waals surface area (Å²) in [5, 5.41) is 9.22. The molecule has 1 aliphatic rings. The van der Waals surface area contributed by atoms with Gasteiger partial charge in [-0.2, -0.15) is 0 Å². The molecule has 1 aliphatic carbocycles. The van der Waals surface area contributed by atoms with Crippen LogP contribution in [0.25, 0.3) is 11.2 Å². The predicted octanol–water partition coefficient (Wildman–Crippen LogP) is 0.237. The zero-order valence-electron chi connectivity index (χ0n) is 8.33. The van der Waals surface area contributed by atoms with Gasteiger partial charge in [-0.1, -0.05) is 0 Å².